The lowest BCUT2D eigenvalue weighted by atomic mass is 9.83. The number of ether oxygens (including phenoxy) is 3. The Bertz CT molecular complexity index is 700. The Hall–Kier alpha value is -2.17. The van der Waals surface area contributed by atoms with E-state index in [0.717, 1.165) is 24.6 Å². The second kappa shape index (κ2) is 5.72. The molecule has 24 heavy (non-hydrogen) atoms. The molecule has 3 heterocycles. The van der Waals surface area contributed by atoms with E-state index in [2.05, 4.69) is 28.1 Å². The maximum atomic E-state index is 6.15. The molecule has 0 spiro atoms. The highest BCUT2D eigenvalue weighted by Gasteiger charge is 2.36. The average molecular weight is 326 g/mol. The van der Waals surface area contributed by atoms with Crippen LogP contribution in [-0.4, -0.2) is 42.8 Å². The largest absolute Gasteiger partial charge is 0.490 e. The fourth-order valence-electron chi connectivity index (χ4n) is 4.19. The number of fused-ring (bicyclic) bond motifs is 4. The fraction of sp³-hybridized carbons (Fsp3) is 0.526. The Labute approximate surface area is 141 Å². The molecule has 1 aromatic carbocycles. The van der Waals surface area contributed by atoms with Crippen molar-refractivity contribution < 1.29 is 14.2 Å². The molecular formula is C19H22N2O3. The summed E-state index contributed by atoms with van der Waals surface area (Å²) in [5.41, 5.74) is 1.36. The molecule has 1 saturated carbocycles. The standard InChI is InChI=1S/C19H22N2O3/c1-2-5-17-15(4-1)16-7-6-13(10-18(16)24-17)22-12-14-11-21-9-3-8-20-19(21)23-14/h3,6-8,10,14-15,17H,1-2,4-5,9,11-12H2. The molecule has 1 aliphatic carbocycles. The summed E-state index contributed by atoms with van der Waals surface area (Å²) in [7, 11) is 0. The van der Waals surface area contributed by atoms with Gasteiger partial charge >= 0.3 is 0 Å². The summed E-state index contributed by atoms with van der Waals surface area (Å²) in [6, 6.07) is 7.02. The van der Waals surface area contributed by atoms with Gasteiger partial charge in [-0.3, -0.25) is 0 Å². The lowest BCUT2D eigenvalue weighted by Crippen LogP contribution is -2.28. The van der Waals surface area contributed by atoms with E-state index in [-0.39, 0.29) is 6.10 Å². The smallest absolute Gasteiger partial charge is 0.292 e. The predicted octanol–water partition coefficient (Wildman–Crippen LogP) is 3.07. The highest BCUT2D eigenvalue weighted by molar-refractivity contribution is 5.77. The minimum atomic E-state index is 0.0282. The van der Waals surface area contributed by atoms with Crippen molar-refractivity contribution in [2.45, 2.75) is 43.8 Å². The van der Waals surface area contributed by atoms with Gasteiger partial charge in [0.2, 0.25) is 0 Å². The molecule has 1 saturated heterocycles. The van der Waals surface area contributed by atoms with Gasteiger partial charge in [-0.2, -0.15) is 0 Å². The van der Waals surface area contributed by atoms with Crippen LogP contribution in [0.5, 0.6) is 11.5 Å². The summed E-state index contributed by atoms with van der Waals surface area (Å²) in [6.07, 6.45) is 9.27. The van der Waals surface area contributed by atoms with Gasteiger partial charge in [0.1, 0.15) is 24.2 Å². The molecule has 0 bridgehead atoms. The maximum Gasteiger partial charge on any atom is 0.292 e. The molecule has 0 amide bonds. The summed E-state index contributed by atoms with van der Waals surface area (Å²) < 4.78 is 17.9. The van der Waals surface area contributed by atoms with E-state index >= 15 is 0 Å². The lowest BCUT2D eigenvalue weighted by Gasteiger charge is -2.23. The number of hydrogen-bond acceptors (Lipinski definition) is 5. The van der Waals surface area contributed by atoms with Crippen molar-refractivity contribution in [2.24, 2.45) is 4.99 Å². The van der Waals surface area contributed by atoms with Gasteiger partial charge in [0.25, 0.3) is 6.02 Å². The van der Waals surface area contributed by atoms with Crippen LogP contribution in [0.25, 0.3) is 0 Å². The average Bonchev–Trinajstić information content (AvgIpc) is 3.20. The first kappa shape index (κ1) is 14.2. The zero-order chi connectivity index (χ0) is 15.9. The molecule has 126 valence electrons. The molecule has 3 unspecified atom stereocenters. The molecule has 4 aliphatic rings. The molecule has 5 heteroatoms. The third kappa shape index (κ3) is 2.43. The Morgan fingerprint density at radius 2 is 2.17 bits per heavy atom. The van der Waals surface area contributed by atoms with Crippen molar-refractivity contribution in [1.82, 2.24) is 4.90 Å². The van der Waals surface area contributed by atoms with E-state index in [0.29, 0.717) is 24.7 Å². The Kier molecular flexibility index (Phi) is 3.39. The summed E-state index contributed by atoms with van der Waals surface area (Å²) in [5, 5.41) is 0. The van der Waals surface area contributed by atoms with Crippen LogP contribution in [0.4, 0.5) is 0 Å². The molecule has 3 atom stereocenters. The van der Waals surface area contributed by atoms with E-state index in [1.54, 1.807) is 6.20 Å². The van der Waals surface area contributed by atoms with Gasteiger partial charge in [-0.15, -0.1) is 0 Å². The van der Waals surface area contributed by atoms with Crippen LogP contribution in [0.1, 0.15) is 37.2 Å². The number of aliphatic imine (C=N–C) groups is 1. The molecule has 0 N–H and O–H groups in total. The van der Waals surface area contributed by atoms with Gasteiger partial charge in [0.05, 0.1) is 6.54 Å². The van der Waals surface area contributed by atoms with Crippen molar-refractivity contribution in [2.75, 3.05) is 19.7 Å². The molecule has 5 rings (SSSR count). The minimum Gasteiger partial charge on any atom is -0.490 e. The van der Waals surface area contributed by atoms with Crippen molar-refractivity contribution in [3.8, 4) is 11.5 Å². The van der Waals surface area contributed by atoms with Crippen LogP contribution in [0.2, 0.25) is 0 Å². The molecule has 0 radical (unpaired) electrons. The van der Waals surface area contributed by atoms with Crippen LogP contribution >= 0.6 is 0 Å². The van der Waals surface area contributed by atoms with E-state index in [1.165, 1.54) is 31.2 Å². The quantitative estimate of drug-likeness (QED) is 0.856. The van der Waals surface area contributed by atoms with Gasteiger partial charge < -0.3 is 19.1 Å². The number of nitrogens with zero attached hydrogens (tertiary/aromatic N) is 2. The second-order valence-corrected chi connectivity index (χ2v) is 7.00. The minimum absolute atomic E-state index is 0.0282. The Morgan fingerprint density at radius 3 is 3.12 bits per heavy atom. The zero-order valence-corrected chi connectivity index (χ0v) is 13.7. The molecule has 2 fully saturated rings. The fourth-order valence-corrected chi connectivity index (χ4v) is 4.19. The first-order valence-electron chi connectivity index (χ1n) is 8.94. The molecule has 3 aliphatic heterocycles. The highest BCUT2D eigenvalue weighted by Crippen LogP contribution is 2.46. The van der Waals surface area contributed by atoms with E-state index in [9.17, 15) is 0 Å². The van der Waals surface area contributed by atoms with Crippen molar-refractivity contribution in [3.63, 3.8) is 0 Å². The summed E-state index contributed by atoms with van der Waals surface area (Å²) >= 11 is 0. The van der Waals surface area contributed by atoms with Gasteiger partial charge in [-0.1, -0.05) is 12.5 Å². The summed E-state index contributed by atoms with van der Waals surface area (Å²) in [5.74, 6) is 2.46. The summed E-state index contributed by atoms with van der Waals surface area (Å²) in [4.78, 5) is 6.38. The van der Waals surface area contributed by atoms with Crippen molar-refractivity contribution in [3.05, 3.63) is 36.0 Å². The maximum absolute atomic E-state index is 6.15. The van der Waals surface area contributed by atoms with Crippen molar-refractivity contribution in [1.29, 1.82) is 0 Å². The van der Waals surface area contributed by atoms with E-state index in [1.807, 2.05) is 6.08 Å². The van der Waals surface area contributed by atoms with Crippen LogP contribution in [-0.2, 0) is 4.74 Å². The van der Waals surface area contributed by atoms with Gasteiger partial charge in [-0.05, 0) is 31.4 Å². The SMILES string of the molecule is C1=CN=C2OC(COc3ccc4c(c3)OC3CCCCC43)CN2C1. The van der Waals surface area contributed by atoms with Crippen LogP contribution in [0.3, 0.4) is 0 Å². The lowest BCUT2D eigenvalue weighted by molar-refractivity contribution is 0.145. The number of hydrogen-bond donors (Lipinski definition) is 0. The highest BCUT2D eigenvalue weighted by atomic mass is 16.6. The van der Waals surface area contributed by atoms with E-state index < -0.39 is 0 Å². The molecular weight excluding hydrogens is 304 g/mol. The number of rotatable bonds is 3. The monoisotopic (exact) mass is 326 g/mol. The van der Waals surface area contributed by atoms with Gasteiger partial charge in [-0.25, -0.2) is 4.99 Å². The predicted molar refractivity (Wildman–Crippen MR) is 90.6 cm³/mol. The third-order valence-electron chi connectivity index (χ3n) is 5.38. The van der Waals surface area contributed by atoms with Gasteiger partial charge in [0.15, 0.2) is 6.10 Å². The molecule has 5 nitrogen and oxygen atoms in total. The Morgan fingerprint density at radius 1 is 1.21 bits per heavy atom. The molecule has 0 aromatic heterocycles. The van der Waals surface area contributed by atoms with E-state index in [4.69, 9.17) is 14.2 Å². The number of benzene rings is 1. The van der Waals surface area contributed by atoms with Gasteiger partial charge in [0, 0.05) is 30.3 Å². The normalized spacial score (nSPS) is 29.9. The second-order valence-electron chi connectivity index (χ2n) is 7.00. The zero-order valence-electron chi connectivity index (χ0n) is 13.7. The topological polar surface area (TPSA) is 43.3 Å². The third-order valence-corrected chi connectivity index (χ3v) is 5.38. The molecule has 1 aromatic rings. The van der Waals surface area contributed by atoms with Crippen LogP contribution in [0, 0.1) is 0 Å². The van der Waals surface area contributed by atoms with Crippen molar-refractivity contribution >= 4 is 6.02 Å². The summed E-state index contributed by atoms with van der Waals surface area (Å²) in [6.45, 7) is 2.22. The van der Waals surface area contributed by atoms with Crippen LogP contribution in [0.15, 0.2) is 35.5 Å². The first-order valence-corrected chi connectivity index (χ1v) is 8.94. The Balaban J connectivity index is 1.23. The first-order chi connectivity index (χ1) is 11.9. The van der Waals surface area contributed by atoms with Crippen LogP contribution < -0.4 is 9.47 Å². The number of amidine groups is 1.